The summed E-state index contributed by atoms with van der Waals surface area (Å²) in [5.74, 6) is 0.961. The van der Waals surface area contributed by atoms with Crippen molar-refractivity contribution in [3.8, 4) is 5.75 Å². The Balaban J connectivity index is 2.64. The highest BCUT2D eigenvalue weighted by atomic mass is 16.5. The summed E-state index contributed by atoms with van der Waals surface area (Å²) >= 11 is 0. The second-order valence-corrected chi connectivity index (χ2v) is 5.09. The normalized spacial score (nSPS) is 12.0. The van der Waals surface area contributed by atoms with Crippen LogP contribution in [0.2, 0.25) is 0 Å². The van der Waals surface area contributed by atoms with Gasteiger partial charge >= 0.3 is 0 Å². The van der Waals surface area contributed by atoms with Gasteiger partial charge in [-0.25, -0.2) is 0 Å². The van der Waals surface area contributed by atoms with Gasteiger partial charge in [-0.15, -0.1) is 0 Å². The zero-order valence-electron chi connectivity index (χ0n) is 11.3. The number of benzene rings is 1. The molecule has 0 aliphatic heterocycles. The minimum atomic E-state index is 0.121. The molecule has 1 N–H and O–H groups in total. The third kappa shape index (κ3) is 5.55. The molecule has 1 aromatic carbocycles. The molecule has 0 radical (unpaired) electrons. The van der Waals surface area contributed by atoms with Crippen molar-refractivity contribution < 1.29 is 4.74 Å². The van der Waals surface area contributed by atoms with Crippen LogP contribution in [0, 0.1) is 0 Å². The lowest BCUT2D eigenvalue weighted by molar-refractivity contribution is 0.352. The molecule has 94 valence electrons. The van der Waals surface area contributed by atoms with Crippen molar-refractivity contribution in [2.24, 2.45) is 0 Å². The van der Waals surface area contributed by atoms with Gasteiger partial charge in [0.05, 0.1) is 0 Å². The summed E-state index contributed by atoms with van der Waals surface area (Å²) in [5.41, 5.74) is 1.32. The highest BCUT2D eigenvalue weighted by Gasteiger charge is 2.10. The van der Waals surface area contributed by atoms with Crippen molar-refractivity contribution in [3.05, 3.63) is 42.0 Å². The van der Waals surface area contributed by atoms with Crippen LogP contribution in [0.5, 0.6) is 5.75 Å². The quantitative estimate of drug-likeness (QED) is 0.786. The van der Waals surface area contributed by atoms with E-state index >= 15 is 0 Å². The molecule has 0 fully saturated rings. The topological polar surface area (TPSA) is 21.3 Å². The van der Waals surface area contributed by atoms with Crippen molar-refractivity contribution in [3.63, 3.8) is 0 Å². The van der Waals surface area contributed by atoms with Crippen molar-refractivity contribution in [2.75, 3.05) is 6.61 Å². The van der Waals surface area contributed by atoms with Gasteiger partial charge in [0.25, 0.3) is 0 Å². The van der Waals surface area contributed by atoms with Crippen LogP contribution in [0.1, 0.15) is 33.3 Å². The highest BCUT2D eigenvalue weighted by Crippen LogP contribution is 2.18. The first kappa shape index (κ1) is 13.8. The van der Waals surface area contributed by atoms with Gasteiger partial charge in [-0.1, -0.05) is 30.4 Å². The van der Waals surface area contributed by atoms with E-state index in [1.165, 1.54) is 5.56 Å². The lowest BCUT2D eigenvalue weighted by atomic mass is 10.1. The van der Waals surface area contributed by atoms with Gasteiger partial charge in [0.1, 0.15) is 12.4 Å². The fourth-order valence-corrected chi connectivity index (χ4v) is 1.39. The highest BCUT2D eigenvalue weighted by molar-refractivity contribution is 5.33. The maximum Gasteiger partial charge on any atom is 0.124 e. The summed E-state index contributed by atoms with van der Waals surface area (Å²) in [4.78, 5) is 0. The van der Waals surface area contributed by atoms with Gasteiger partial charge in [-0.2, -0.15) is 0 Å². The van der Waals surface area contributed by atoms with Crippen molar-refractivity contribution in [1.82, 2.24) is 5.32 Å². The zero-order valence-corrected chi connectivity index (χ0v) is 11.3. The van der Waals surface area contributed by atoms with Crippen LogP contribution >= 0.6 is 0 Å². The Morgan fingerprint density at radius 2 is 1.94 bits per heavy atom. The van der Waals surface area contributed by atoms with Crippen LogP contribution in [-0.2, 0) is 6.54 Å². The average Bonchev–Trinajstić information content (AvgIpc) is 2.27. The standard InChI is InChI=1S/C15H23NO/c1-5-6-11-17-14-10-8-7-9-13(14)12-16-15(2,3)4/h5-10,16H,11-12H2,1-4H3. The second kappa shape index (κ2) is 6.45. The van der Waals surface area contributed by atoms with Crippen LogP contribution in [0.25, 0.3) is 0 Å². The summed E-state index contributed by atoms with van der Waals surface area (Å²) in [6, 6.07) is 8.17. The lowest BCUT2D eigenvalue weighted by Crippen LogP contribution is -2.35. The number of nitrogens with one attached hydrogen (secondary N) is 1. The Bertz CT molecular complexity index is 363. The molecule has 1 aromatic rings. The molecule has 0 saturated heterocycles. The monoisotopic (exact) mass is 233 g/mol. The van der Waals surface area contributed by atoms with Gasteiger partial charge in [-0.05, 0) is 33.8 Å². The molecule has 0 heterocycles. The molecular weight excluding hydrogens is 210 g/mol. The Morgan fingerprint density at radius 3 is 2.59 bits per heavy atom. The second-order valence-electron chi connectivity index (χ2n) is 5.09. The van der Waals surface area contributed by atoms with Crippen molar-refractivity contribution in [2.45, 2.75) is 39.8 Å². The first-order chi connectivity index (χ1) is 8.03. The van der Waals surface area contributed by atoms with E-state index in [1.54, 1.807) is 0 Å². The predicted octanol–water partition coefficient (Wildman–Crippen LogP) is 3.53. The number of hydrogen-bond acceptors (Lipinski definition) is 2. The van der Waals surface area contributed by atoms with E-state index in [-0.39, 0.29) is 5.54 Å². The smallest absolute Gasteiger partial charge is 0.124 e. The minimum Gasteiger partial charge on any atom is -0.489 e. The molecule has 0 aliphatic rings. The van der Waals surface area contributed by atoms with Gasteiger partial charge in [0, 0.05) is 17.6 Å². The first-order valence-corrected chi connectivity index (χ1v) is 6.10. The van der Waals surface area contributed by atoms with E-state index < -0.39 is 0 Å². The van der Waals surface area contributed by atoms with Crippen LogP contribution < -0.4 is 10.1 Å². The van der Waals surface area contributed by atoms with E-state index in [2.05, 4.69) is 32.2 Å². The lowest BCUT2D eigenvalue weighted by Gasteiger charge is -2.21. The number of ether oxygens (including phenoxy) is 1. The number of allylic oxidation sites excluding steroid dienone is 1. The Labute approximate surface area is 105 Å². The maximum atomic E-state index is 5.72. The molecular formula is C15H23NO. The molecule has 2 heteroatoms. The van der Waals surface area contributed by atoms with Gasteiger partial charge in [0.15, 0.2) is 0 Å². The Morgan fingerprint density at radius 1 is 1.24 bits per heavy atom. The summed E-state index contributed by atoms with van der Waals surface area (Å²) in [7, 11) is 0. The molecule has 0 aromatic heterocycles. The van der Waals surface area contributed by atoms with Crippen LogP contribution in [0.4, 0.5) is 0 Å². The molecule has 0 atom stereocenters. The molecule has 0 spiro atoms. The van der Waals surface area contributed by atoms with Gasteiger partial charge in [-0.3, -0.25) is 0 Å². The molecule has 2 nitrogen and oxygen atoms in total. The Kier molecular flexibility index (Phi) is 5.23. The van der Waals surface area contributed by atoms with Crippen LogP contribution in [0.3, 0.4) is 0 Å². The molecule has 0 bridgehead atoms. The molecule has 0 unspecified atom stereocenters. The first-order valence-electron chi connectivity index (χ1n) is 6.10. The van der Waals surface area contributed by atoms with E-state index in [1.807, 2.05) is 37.3 Å². The number of para-hydroxylation sites is 1. The fourth-order valence-electron chi connectivity index (χ4n) is 1.39. The summed E-state index contributed by atoms with van der Waals surface area (Å²) in [6.45, 7) is 9.94. The fraction of sp³-hybridized carbons (Fsp3) is 0.467. The molecule has 0 saturated carbocycles. The van der Waals surface area contributed by atoms with Crippen molar-refractivity contribution in [1.29, 1.82) is 0 Å². The zero-order chi connectivity index (χ0) is 12.7. The molecule has 0 amide bonds. The summed E-state index contributed by atoms with van der Waals surface area (Å²) < 4.78 is 5.72. The van der Waals surface area contributed by atoms with E-state index in [0.29, 0.717) is 6.61 Å². The van der Waals surface area contributed by atoms with E-state index in [0.717, 1.165) is 12.3 Å². The number of hydrogen-bond donors (Lipinski definition) is 1. The van der Waals surface area contributed by atoms with Gasteiger partial charge < -0.3 is 10.1 Å². The maximum absolute atomic E-state index is 5.72. The van der Waals surface area contributed by atoms with Crippen LogP contribution in [0.15, 0.2) is 36.4 Å². The predicted molar refractivity (Wildman–Crippen MR) is 73.3 cm³/mol. The third-order valence-electron chi connectivity index (χ3n) is 2.35. The third-order valence-corrected chi connectivity index (χ3v) is 2.35. The van der Waals surface area contributed by atoms with Gasteiger partial charge in [0.2, 0.25) is 0 Å². The molecule has 1 rings (SSSR count). The number of rotatable bonds is 5. The molecule has 0 aliphatic carbocycles. The SMILES string of the molecule is CC=CCOc1ccccc1CNC(C)(C)C. The van der Waals surface area contributed by atoms with Crippen molar-refractivity contribution >= 4 is 0 Å². The van der Waals surface area contributed by atoms with Crippen LogP contribution in [-0.4, -0.2) is 12.1 Å². The average molecular weight is 233 g/mol. The molecule has 17 heavy (non-hydrogen) atoms. The summed E-state index contributed by atoms with van der Waals surface area (Å²) in [6.07, 6.45) is 4.00. The largest absolute Gasteiger partial charge is 0.489 e. The van der Waals surface area contributed by atoms with E-state index in [9.17, 15) is 0 Å². The van der Waals surface area contributed by atoms with E-state index in [4.69, 9.17) is 4.74 Å². The Hall–Kier alpha value is -1.28. The minimum absolute atomic E-state index is 0.121. The summed E-state index contributed by atoms with van der Waals surface area (Å²) in [5, 5.41) is 3.47.